The molecular weight excluding hydrogens is 298 g/mol. The number of benzene rings is 1. The lowest BCUT2D eigenvalue weighted by Crippen LogP contribution is -2.37. The molecule has 0 heterocycles. The van der Waals surface area contributed by atoms with Crippen molar-refractivity contribution in [2.24, 2.45) is 5.92 Å². The lowest BCUT2D eigenvalue weighted by Gasteiger charge is -2.35. The number of hydrogen-bond donors (Lipinski definition) is 0. The summed E-state index contributed by atoms with van der Waals surface area (Å²) in [6.45, 7) is 12.6. The average molecular weight is 326 g/mol. The van der Waals surface area contributed by atoms with Gasteiger partial charge in [-0.1, -0.05) is 55.8 Å². The summed E-state index contributed by atoms with van der Waals surface area (Å²) in [6, 6.07) is 7.50. The van der Waals surface area contributed by atoms with Gasteiger partial charge in [-0.25, -0.2) is 0 Å². The van der Waals surface area contributed by atoms with Gasteiger partial charge in [-0.3, -0.25) is 0 Å². The molecule has 19 heavy (non-hydrogen) atoms. The number of nitrogens with zero attached hydrogens (tertiary/aromatic N) is 1. The van der Waals surface area contributed by atoms with E-state index in [2.05, 4.69) is 73.6 Å². The fraction of sp³-hybridized carbons (Fsp3) is 0.647. The van der Waals surface area contributed by atoms with Crippen LogP contribution in [0.25, 0.3) is 0 Å². The zero-order chi connectivity index (χ0) is 14.4. The average Bonchev–Trinajstić information content (AvgIpc) is 2.38. The van der Waals surface area contributed by atoms with E-state index in [1.54, 1.807) is 0 Å². The summed E-state index contributed by atoms with van der Waals surface area (Å²) in [4.78, 5) is 2.61. The van der Waals surface area contributed by atoms with Gasteiger partial charge in [0.25, 0.3) is 0 Å². The van der Waals surface area contributed by atoms with Gasteiger partial charge in [0.1, 0.15) is 0 Å². The monoisotopic (exact) mass is 325 g/mol. The summed E-state index contributed by atoms with van der Waals surface area (Å²) < 4.78 is 0. The number of halogens is 1. The Morgan fingerprint density at radius 1 is 1.16 bits per heavy atom. The summed E-state index contributed by atoms with van der Waals surface area (Å²) in [5.74, 6) is 0.691. The van der Waals surface area contributed by atoms with Gasteiger partial charge in [0, 0.05) is 23.6 Å². The molecule has 0 unspecified atom stereocenters. The van der Waals surface area contributed by atoms with Gasteiger partial charge in [-0.2, -0.15) is 0 Å². The molecule has 2 heteroatoms. The SMILES string of the molecule is CCC(CC)N(CC(C)C)c1ccc(CBr)cc1C. The Morgan fingerprint density at radius 3 is 2.21 bits per heavy atom. The molecular formula is C17H28BrN. The Morgan fingerprint density at radius 2 is 1.79 bits per heavy atom. The smallest absolute Gasteiger partial charge is 0.0398 e. The normalized spacial score (nSPS) is 11.4. The van der Waals surface area contributed by atoms with Crippen LogP contribution in [0, 0.1) is 12.8 Å². The predicted molar refractivity (Wildman–Crippen MR) is 90.4 cm³/mol. The van der Waals surface area contributed by atoms with Gasteiger partial charge < -0.3 is 4.90 Å². The Kier molecular flexibility index (Phi) is 6.92. The first kappa shape index (κ1) is 16.6. The quantitative estimate of drug-likeness (QED) is 0.595. The number of hydrogen-bond acceptors (Lipinski definition) is 1. The van der Waals surface area contributed by atoms with E-state index in [1.165, 1.54) is 29.7 Å². The minimum atomic E-state index is 0.649. The van der Waals surface area contributed by atoms with Gasteiger partial charge in [-0.15, -0.1) is 0 Å². The third-order valence-electron chi connectivity index (χ3n) is 3.67. The van der Waals surface area contributed by atoms with Crippen LogP contribution in [0.4, 0.5) is 5.69 Å². The van der Waals surface area contributed by atoms with E-state index in [1.807, 2.05) is 0 Å². The second-order valence-electron chi connectivity index (χ2n) is 5.77. The molecule has 0 aliphatic rings. The molecule has 0 saturated carbocycles. The highest BCUT2D eigenvalue weighted by molar-refractivity contribution is 9.08. The highest BCUT2D eigenvalue weighted by atomic mass is 79.9. The Labute approximate surface area is 127 Å². The van der Waals surface area contributed by atoms with E-state index < -0.39 is 0 Å². The third-order valence-corrected chi connectivity index (χ3v) is 4.32. The maximum absolute atomic E-state index is 3.54. The fourth-order valence-corrected chi connectivity index (χ4v) is 3.04. The standard InChI is InChI=1S/C17H28BrN/c1-6-16(7-2)19(12-13(3)4)17-9-8-15(11-18)10-14(17)5/h8-10,13,16H,6-7,11-12H2,1-5H3. The summed E-state index contributed by atoms with van der Waals surface area (Å²) in [6.07, 6.45) is 2.42. The van der Waals surface area contributed by atoms with Crippen molar-refractivity contribution in [3.63, 3.8) is 0 Å². The van der Waals surface area contributed by atoms with Gasteiger partial charge >= 0.3 is 0 Å². The van der Waals surface area contributed by atoms with Crippen LogP contribution in [0.3, 0.4) is 0 Å². The highest BCUT2D eigenvalue weighted by Gasteiger charge is 2.18. The van der Waals surface area contributed by atoms with Crippen molar-refractivity contribution in [1.82, 2.24) is 0 Å². The first-order valence-corrected chi connectivity index (χ1v) is 8.57. The van der Waals surface area contributed by atoms with E-state index in [9.17, 15) is 0 Å². The minimum Gasteiger partial charge on any atom is -0.368 e. The van der Waals surface area contributed by atoms with Gasteiger partial charge in [0.15, 0.2) is 0 Å². The molecule has 0 aromatic heterocycles. The van der Waals surface area contributed by atoms with Gasteiger partial charge in [0.05, 0.1) is 0 Å². The van der Waals surface area contributed by atoms with Crippen LogP contribution >= 0.6 is 15.9 Å². The number of rotatable bonds is 7. The van der Waals surface area contributed by atoms with E-state index in [-0.39, 0.29) is 0 Å². The summed E-state index contributed by atoms with van der Waals surface area (Å²) in [7, 11) is 0. The Hall–Kier alpha value is -0.500. The van der Waals surface area contributed by atoms with Gasteiger partial charge in [-0.05, 0) is 42.9 Å². The molecule has 0 N–H and O–H groups in total. The van der Waals surface area contributed by atoms with Crippen LogP contribution in [0.5, 0.6) is 0 Å². The van der Waals surface area contributed by atoms with Gasteiger partial charge in [0.2, 0.25) is 0 Å². The maximum Gasteiger partial charge on any atom is 0.0398 e. The van der Waals surface area contributed by atoms with Crippen molar-refractivity contribution >= 4 is 21.6 Å². The second-order valence-corrected chi connectivity index (χ2v) is 6.33. The van der Waals surface area contributed by atoms with Crippen molar-refractivity contribution < 1.29 is 0 Å². The third kappa shape index (κ3) is 4.52. The van der Waals surface area contributed by atoms with Crippen molar-refractivity contribution in [1.29, 1.82) is 0 Å². The molecule has 0 radical (unpaired) electrons. The van der Waals surface area contributed by atoms with Crippen LogP contribution in [-0.2, 0) is 5.33 Å². The van der Waals surface area contributed by atoms with E-state index in [0.29, 0.717) is 12.0 Å². The zero-order valence-corrected chi connectivity index (χ0v) is 14.6. The molecule has 108 valence electrons. The largest absolute Gasteiger partial charge is 0.368 e. The lowest BCUT2D eigenvalue weighted by atomic mass is 10.0. The second kappa shape index (κ2) is 7.94. The van der Waals surface area contributed by atoms with E-state index in [4.69, 9.17) is 0 Å². The molecule has 1 rings (SSSR count). The van der Waals surface area contributed by atoms with Crippen molar-refractivity contribution in [2.45, 2.75) is 58.8 Å². The minimum absolute atomic E-state index is 0.649. The molecule has 0 saturated heterocycles. The van der Waals surface area contributed by atoms with Crippen molar-refractivity contribution in [3.8, 4) is 0 Å². The van der Waals surface area contributed by atoms with Crippen LogP contribution < -0.4 is 4.90 Å². The van der Waals surface area contributed by atoms with Crippen LogP contribution in [0.15, 0.2) is 18.2 Å². The molecule has 0 atom stereocenters. The first-order valence-electron chi connectivity index (χ1n) is 7.45. The molecule has 0 spiro atoms. The number of alkyl halides is 1. The summed E-state index contributed by atoms with van der Waals surface area (Å²) >= 11 is 3.54. The number of aryl methyl sites for hydroxylation is 1. The topological polar surface area (TPSA) is 3.24 Å². The van der Waals surface area contributed by atoms with E-state index in [0.717, 1.165) is 11.9 Å². The molecule has 1 aromatic rings. The van der Waals surface area contributed by atoms with Crippen molar-refractivity contribution in [2.75, 3.05) is 11.4 Å². The van der Waals surface area contributed by atoms with E-state index >= 15 is 0 Å². The molecule has 1 aromatic carbocycles. The van der Waals surface area contributed by atoms with Crippen LogP contribution in [0.2, 0.25) is 0 Å². The highest BCUT2D eigenvalue weighted by Crippen LogP contribution is 2.27. The van der Waals surface area contributed by atoms with Crippen molar-refractivity contribution in [3.05, 3.63) is 29.3 Å². The Balaban J connectivity index is 3.09. The predicted octanol–water partition coefficient (Wildman–Crippen LogP) is 5.54. The molecule has 0 aliphatic carbocycles. The fourth-order valence-electron chi connectivity index (χ4n) is 2.69. The summed E-state index contributed by atoms with van der Waals surface area (Å²) in [5.41, 5.74) is 4.16. The summed E-state index contributed by atoms with van der Waals surface area (Å²) in [5, 5.41) is 0.934. The van der Waals surface area contributed by atoms with Crippen LogP contribution in [-0.4, -0.2) is 12.6 Å². The molecule has 0 amide bonds. The molecule has 1 nitrogen and oxygen atoms in total. The maximum atomic E-state index is 3.54. The Bertz CT molecular complexity index is 383. The van der Waals surface area contributed by atoms with Crippen LogP contribution in [0.1, 0.15) is 51.7 Å². The lowest BCUT2D eigenvalue weighted by molar-refractivity contribution is 0.507. The first-order chi connectivity index (χ1) is 9.03. The molecule has 0 aliphatic heterocycles. The number of anilines is 1. The molecule has 0 bridgehead atoms. The zero-order valence-electron chi connectivity index (χ0n) is 13.0. The molecule has 0 fully saturated rings.